The fraction of sp³-hybridized carbons (Fsp3) is 0.143. The van der Waals surface area contributed by atoms with Crippen molar-refractivity contribution in [1.82, 2.24) is 9.55 Å². The highest BCUT2D eigenvalue weighted by Crippen LogP contribution is 2.34. The Kier molecular flexibility index (Phi) is 5.74. The van der Waals surface area contributed by atoms with Crippen molar-refractivity contribution in [3.8, 4) is 17.2 Å². The van der Waals surface area contributed by atoms with Crippen molar-refractivity contribution in [3.63, 3.8) is 0 Å². The zero-order valence-electron chi connectivity index (χ0n) is 19.1. The lowest BCUT2D eigenvalue weighted by molar-refractivity contribution is 0.345. The second-order valence-corrected chi connectivity index (χ2v) is 8.47. The quantitative estimate of drug-likeness (QED) is 0.321. The first kappa shape index (κ1) is 21.7. The zero-order valence-corrected chi connectivity index (χ0v) is 19.1. The molecule has 0 amide bonds. The van der Waals surface area contributed by atoms with Crippen LogP contribution < -0.4 is 5.73 Å². The van der Waals surface area contributed by atoms with E-state index in [1.807, 2.05) is 78.5 Å². The summed E-state index contributed by atoms with van der Waals surface area (Å²) >= 11 is 0. The standard InChI is InChI=1S/C28H26N4O2/c1-18(15-29)19-7-9-21(10-8-19)27(26-23-5-3-4-6-25(23)34-28(26)33)31-22-13-11-20(12-14-22)24-16-32(2)17-30-24/h3-14,16-18,33H,15,29H2,1-2H3. The Hall–Kier alpha value is -4.16. The number of fused-ring (bicyclic) bond motifs is 1. The predicted molar refractivity (Wildman–Crippen MR) is 136 cm³/mol. The maximum absolute atomic E-state index is 10.7. The summed E-state index contributed by atoms with van der Waals surface area (Å²) in [4.78, 5) is 9.38. The number of aromatic hydroxyl groups is 1. The highest BCUT2D eigenvalue weighted by molar-refractivity contribution is 6.21. The van der Waals surface area contributed by atoms with Gasteiger partial charge in [-0.25, -0.2) is 9.98 Å². The van der Waals surface area contributed by atoms with Crippen LogP contribution in [0.4, 0.5) is 5.69 Å². The minimum Gasteiger partial charge on any atom is -0.480 e. The number of rotatable bonds is 6. The smallest absolute Gasteiger partial charge is 0.292 e. The van der Waals surface area contributed by atoms with Crippen LogP contribution in [0.25, 0.3) is 22.2 Å². The maximum Gasteiger partial charge on any atom is 0.292 e. The van der Waals surface area contributed by atoms with E-state index in [1.165, 1.54) is 0 Å². The van der Waals surface area contributed by atoms with Gasteiger partial charge < -0.3 is 19.8 Å². The summed E-state index contributed by atoms with van der Waals surface area (Å²) in [6, 6.07) is 23.6. The first-order chi connectivity index (χ1) is 16.5. The van der Waals surface area contributed by atoms with Crippen molar-refractivity contribution in [3.05, 3.63) is 102 Å². The van der Waals surface area contributed by atoms with Crippen molar-refractivity contribution in [1.29, 1.82) is 0 Å². The largest absolute Gasteiger partial charge is 0.480 e. The molecular formula is C28H26N4O2. The van der Waals surface area contributed by atoms with Gasteiger partial charge in [0.25, 0.3) is 5.95 Å². The van der Waals surface area contributed by atoms with Gasteiger partial charge in [0, 0.05) is 29.8 Å². The van der Waals surface area contributed by atoms with E-state index in [9.17, 15) is 5.11 Å². The van der Waals surface area contributed by atoms with Gasteiger partial charge in [0.1, 0.15) is 5.58 Å². The molecular weight excluding hydrogens is 424 g/mol. The van der Waals surface area contributed by atoms with Crippen LogP contribution in [0.5, 0.6) is 5.95 Å². The molecule has 170 valence electrons. The minimum atomic E-state index is -0.149. The third kappa shape index (κ3) is 4.11. The molecule has 0 bridgehead atoms. The van der Waals surface area contributed by atoms with Gasteiger partial charge in [0.05, 0.1) is 29.0 Å². The topological polar surface area (TPSA) is 89.6 Å². The molecule has 0 aliphatic heterocycles. The number of imidazole rings is 1. The molecule has 3 aromatic carbocycles. The summed E-state index contributed by atoms with van der Waals surface area (Å²) < 4.78 is 7.56. The summed E-state index contributed by atoms with van der Waals surface area (Å²) in [5.41, 5.74) is 12.4. The third-order valence-corrected chi connectivity index (χ3v) is 6.03. The molecule has 0 aliphatic carbocycles. The number of aryl methyl sites for hydroxylation is 1. The van der Waals surface area contributed by atoms with Crippen LogP contribution in [-0.4, -0.2) is 26.9 Å². The maximum atomic E-state index is 10.7. The number of nitrogens with zero attached hydrogens (tertiary/aromatic N) is 3. The predicted octanol–water partition coefficient (Wildman–Crippen LogP) is 5.77. The van der Waals surface area contributed by atoms with Crippen LogP contribution in [0.15, 0.2) is 94.7 Å². The molecule has 6 nitrogen and oxygen atoms in total. The number of aliphatic imine (C=N–C) groups is 1. The average Bonchev–Trinajstić information content (AvgIpc) is 3.45. The summed E-state index contributed by atoms with van der Waals surface area (Å²) in [5.74, 6) is 0.112. The van der Waals surface area contributed by atoms with Gasteiger partial charge in [0.2, 0.25) is 0 Å². The molecule has 5 aromatic rings. The number of aromatic nitrogens is 2. The second-order valence-electron chi connectivity index (χ2n) is 8.47. The molecule has 1 unspecified atom stereocenters. The lowest BCUT2D eigenvalue weighted by atomic mass is 9.96. The average molecular weight is 451 g/mol. The number of hydrogen-bond donors (Lipinski definition) is 2. The Morgan fingerprint density at radius 1 is 1.06 bits per heavy atom. The van der Waals surface area contributed by atoms with Gasteiger partial charge in [-0.3, -0.25) is 0 Å². The first-order valence-corrected chi connectivity index (χ1v) is 11.2. The normalized spacial score (nSPS) is 12.9. The van der Waals surface area contributed by atoms with E-state index in [0.717, 1.165) is 33.5 Å². The first-order valence-electron chi connectivity index (χ1n) is 11.2. The molecule has 0 spiro atoms. The van der Waals surface area contributed by atoms with E-state index >= 15 is 0 Å². The van der Waals surface area contributed by atoms with Gasteiger partial charge in [-0.2, -0.15) is 0 Å². The minimum absolute atomic E-state index is 0.149. The van der Waals surface area contributed by atoms with Crippen molar-refractivity contribution >= 4 is 22.4 Å². The molecule has 5 rings (SSSR count). The fourth-order valence-corrected chi connectivity index (χ4v) is 4.03. The fourth-order valence-electron chi connectivity index (χ4n) is 4.03. The van der Waals surface area contributed by atoms with Crippen LogP contribution in [0, 0.1) is 0 Å². The Labute approximate surface area is 198 Å². The van der Waals surface area contributed by atoms with Crippen LogP contribution in [0.3, 0.4) is 0 Å². The zero-order chi connectivity index (χ0) is 23.7. The molecule has 2 heterocycles. The highest BCUT2D eigenvalue weighted by Gasteiger charge is 2.21. The van der Waals surface area contributed by atoms with E-state index in [0.29, 0.717) is 23.4 Å². The molecule has 0 saturated carbocycles. The van der Waals surface area contributed by atoms with E-state index in [4.69, 9.17) is 15.1 Å². The molecule has 6 heteroatoms. The molecule has 0 fully saturated rings. The molecule has 0 radical (unpaired) electrons. The Morgan fingerprint density at radius 2 is 1.79 bits per heavy atom. The molecule has 1 atom stereocenters. The monoisotopic (exact) mass is 450 g/mol. The Balaban J connectivity index is 1.62. The van der Waals surface area contributed by atoms with Crippen molar-refractivity contribution in [2.24, 2.45) is 17.8 Å². The number of benzene rings is 3. The lowest BCUT2D eigenvalue weighted by Crippen LogP contribution is -2.09. The van der Waals surface area contributed by atoms with Crippen LogP contribution in [0.1, 0.15) is 29.5 Å². The molecule has 3 N–H and O–H groups in total. The van der Waals surface area contributed by atoms with Crippen LogP contribution >= 0.6 is 0 Å². The SMILES string of the molecule is CC(CN)c1ccc(C(=Nc2ccc(-c3cn(C)cn3)cc2)c2c(O)oc3ccccc23)cc1. The van der Waals surface area contributed by atoms with Gasteiger partial charge in [-0.15, -0.1) is 0 Å². The summed E-state index contributed by atoms with van der Waals surface area (Å²) in [5, 5.41) is 11.6. The highest BCUT2D eigenvalue weighted by atomic mass is 16.5. The van der Waals surface area contributed by atoms with Gasteiger partial charge in [-0.05, 0) is 36.2 Å². The molecule has 2 aromatic heterocycles. The second kappa shape index (κ2) is 9.00. The van der Waals surface area contributed by atoms with Crippen LogP contribution in [-0.2, 0) is 7.05 Å². The summed E-state index contributed by atoms with van der Waals surface area (Å²) in [6.07, 6.45) is 3.75. The number of nitrogens with two attached hydrogens (primary N) is 1. The van der Waals surface area contributed by atoms with E-state index in [1.54, 1.807) is 6.33 Å². The van der Waals surface area contributed by atoms with Crippen molar-refractivity contribution < 1.29 is 9.52 Å². The Bertz CT molecular complexity index is 1460. The van der Waals surface area contributed by atoms with Crippen molar-refractivity contribution in [2.75, 3.05) is 6.54 Å². The van der Waals surface area contributed by atoms with E-state index < -0.39 is 0 Å². The molecule has 0 saturated heterocycles. The lowest BCUT2D eigenvalue weighted by Gasteiger charge is -2.11. The van der Waals surface area contributed by atoms with Gasteiger partial charge in [-0.1, -0.05) is 61.5 Å². The molecule has 34 heavy (non-hydrogen) atoms. The van der Waals surface area contributed by atoms with Crippen LogP contribution in [0.2, 0.25) is 0 Å². The number of hydrogen-bond acceptors (Lipinski definition) is 5. The Morgan fingerprint density at radius 3 is 2.47 bits per heavy atom. The number of para-hydroxylation sites is 1. The van der Waals surface area contributed by atoms with Gasteiger partial charge in [0.15, 0.2) is 0 Å². The third-order valence-electron chi connectivity index (χ3n) is 6.03. The summed E-state index contributed by atoms with van der Waals surface area (Å²) in [7, 11) is 1.95. The van der Waals surface area contributed by atoms with Gasteiger partial charge >= 0.3 is 0 Å². The van der Waals surface area contributed by atoms with E-state index in [2.05, 4.69) is 24.0 Å². The number of furan rings is 1. The van der Waals surface area contributed by atoms with Crippen molar-refractivity contribution in [2.45, 2.75) is 12.8 Å². The molecule has 0 aliphatic rings. The van der Waals surface area contributed by atoms with E-state index in [-0.39, 0.29) is 11.9 Å². The summed E-state index contributed by atoms with van der Waals surface area (Å²) in [6.45, 7) is 2.68.